The van der Waals surface area contributed by atoms with Gasteiger partial charge in [-0.05, 0) is 44.9 Å². The molecule has 0 spiro atoms. The lowest BCUT2D eigenvalue weighted by atomic mass is 10.0. The van der Waals surface area contributed by atoms with Gasteiger partial charge in [0.1, 0.15) is 0 Å². The van der Waals surface area contributed by atoms with Crippen molar-refractivity contribution in [3.63, 3.8) is 0 Å². The molecule has 6 nitrogen and oxygen atoms in total. The van der Waals surface area contributed by atoms with Crippen LogP contribution in [0.1, 0.15) is 181 Å². The van der Waals surface area contributed by atoms with Crippen molar-refractivity contribution in [1.29, 1.82) is 0 Å². The number of aliphatic hydroxyl groups is 1. The van der Waals surface area contributed by atoms with Gasteiger partial charge in [0, 0.05) is 6.42 Å². The van der Waals surface area contributed by atoms with Crippen molar-refractivity contribution in [3.8, 4) is 0 Å². The monoisotopic (exact) mass is 654 g/mol. The Labute approximate surface area is 278 Å². The highest BCUT2D eigenvalue weighted by molar-refractivity contribution is 7.85. The SMILES string of the molecule is CCCCCCCCC/C=C/CC/C=C/CC/C=C/C(O)C(CS(=O)(=O)O)NC(=O)CCCCCCCCCCCCCCC. The molecule has 0 saturated carbocycles. The van der Waals surface area contributed by atoms with E-state index in [0.717, 1.165) is 38.5 Å². The van der Waals surface area contributed by atoms with Gasteiger partial charge in [-0.25, -0.2) is 0 Å². The second-order valence-electron chi connectivity index (χ2n) is 12.8. The topological polar surface area (TPSA) is 104 Å². The molecule has 7 heteroatoms. The van der Waals surface area contributed by atoms with E-state index in [-0.39, 0.29) is 12.3 Å². The third-order valence-electron chi connectivity index (χ3n) is 8.30. The van der Waals surface area contributed by atoms with Crippen molar-refractivity contribution in [1.82, 2.24) is 5.32 Å². The van der Waals surface area contributed by atoms with Crippen molar-refractivity contribution in [3.05, 3.63) is 36.5 Å². The third-order valence-corrected chi connectivity index (χ3v) is 9.08. The molecule has 0 rings (SSSR count). The summed E-state index contributed by atoms with van der Waals surface area (Å²) >= 11 is 0. The number of carbonyl (C=O) groups excluding carboxylic acids is 1. The van der Waals surface area contributed by atoms with Crippen LogP contribution in [0.3, 0.4) is 0 Å². The van der Waals surface area contributed by atoms with Gasteiger partial charge in [-0.15, -0.1) is 0 Å². The first-order valence-corrected chi connectivity index (χ1v) is 20.3. The zero-order valence-electron chi connectivity index (χ0n) is 29.2. The summed E-state index contributed by atoms with van der Waals surface area (Å²) in [5, 5.41) is 13.2. The summed E-state index contributed by atoms with van der Waals surface area (Å²) in [6, 6.07) is -1.07. The maximum Gasteiger partial charge on any atom is 0.267 e. The highest BCUT2D eigenvalue weighted by Gasteiger charge is 2.24. The maximum absolute atomic E-state index is 12.4. The van der Waals surface area contributed by atoms with Crippen LogP contribution in [0.2, 0.25) is 0 Å². The molecule has 0 heterocycles. The minimum Gasteiger partial charge on any atom is -0.387 e. The van der Waals surface area contributed by atoms with E-state index in [9.17, 15) is 22.9 Å². The van der Waals surface area contributed by atoms with E-state index in [2.05, 4.69) is 43.5 Å². The molecule has 264 valence electrons. The van der Waals surface area contributed by atoms with Gasteiger partial charge in [0.15, 0.2) is 0 Å². The highest BCUT2D eigenvalue weighted by atomic mass is 32.2. The highest BCUT2D eigenvalue weighted by Crippen LogP contribution is 2.13. The molecule has 0 aliphatic rings. The summed E-state index contributed by atoms with van der Waals surface area (Å²) in [6.45, 7) is 4.50. The van der Waals surface area contributed by atoms with Crippen molar-refractivity contribution < 1.29 is 22.9 Å². The molecule has 0 aromatic rings. The van der Waals surface area contributed by atoms with Gasteiger partial charge >= 0.3 is 0 Å². The van der Waals surface area contributed by atoms with E-state index >= 15 is 0 Å². The summed E-state index contributed by atoms with van der Waals surface area (Å²) in [7, 11) is -4.35. The van der Waals surface area contributed by atoms with Crippen LogP contribution in [-0.2, 0) is 14.9 Å². The van der Waals surface area contributed by atoms with E-state index in [1.807, 2.05) is 0 Å². The second kappa shape index (κ2) is 32.5. The lowest BCUT2D eigenvalue weighted by molar-refractivity contribution is -0.122. The third kappa shape index (κ3) is 33.7. The Balaban J connectivity index is 4.06. The zero-order valence-corrected chi connectivity index (χ0v) is 30.1. The number of allylic oxidation sites excluding steroid dienone is 5. The van der Waals surface area contributed by atoms with Gasteiger partial charge in [0.25, 0.3) is 10.1 Å². The van der Waals surface area contributed by atoms with Crippen LogP contribution in [0.15, 0.2) is 36.5 Å². The first-order valence-electron chi connectivity index (χ1n) is 18.7. The standard InChI is InChI=1S/C38H71NO5S/c1-3-5-7-9-11-13-15-17-18-19-20-22-23-25-27-29-31-33-37(40)36(35-45(42,43)44)39-38(41)34-32-30-28-26-24-21-16-14-12-10-8-6-4-2/h18-19,23,25,31,33,36-37,40H,3-17,20-22,24,26-30,32,34-35H2,1-2H3,(H,39,41)(H,42,43,44)/b19-18+,25-23+,33-31+. The molecule has 2 unspecified atom stereocenters. The fourth-order valence-corrected chi connectivity index (χ4v) is 6.21. The summed E-state index contributed by atoms with van der Waals surface area (Å²) in [5.74, 6) is -1.01. The van der Waals surface area contributed by atoms with Crippen molar-refractivity contribution in [2.75, 3.05) is 5.75 Å². The Morgan fingerprint density at radius 2 is 0.956 bits per heavy atom. The van der Waals surface area contributed by atoms with E-state index < -0.39 is 28.0 Å². The molecule has 0 aliphatic carbocycles. The fourth-order valence-electron chi connectivity index (χ4n) is 5.48. The molecule has 3 N–H and O–H groups in total. The number of nitrogens with one attached hydrogen (secondary N) is 1. The molecule has 0 radical (unpaired) electrons. The lowest BCUT2D eigenvalue weighted by Crippen LogP contribution is -2.46. The molecule has 0 fully saturated rings. The van der Waals surface area contributed by atoms with Gasteiger partial charge in [0.2, 0.25) is 5.91 Å². The van der Waals surface area contributed by atoms with Crippen LogP contribution in [0.4, 0.5) is 0 Å². The van der Waals surface area contributed by atoms with Crippen LogP contribution in [0, 0.1) is 0 Å². The fraction of sp³-hybridized carbons (Fsp3) is 0.816. The van der Waals surface area contributed by atoms with Crippen molar-refractivity contribution >= 4 is 16.0 Å². The summed E-state index contributed by atoms with van der Waals surface area (Å²) in [6.07, 6.45) is 41.2. The van der Waals surface area contributed by atoms with Gasteiger partial charge in [-0.2, -0.15) is 8.42 Å². The molecule has 0 aromatic heterocycles. The second-order valence-corrected chi connectivity index (χ2v) is 14.3. The predicted octanol–water partition coefficient (Wildman–Crippen LogP) is 10.6. The Morgan fingerprint density at radius 3 is 1.40 bits per heavy atom. The summed E-state index contributed by atoms with van der Waals surface area (Å²) in [5.41, 5.74) is 0. The largest absolute Gasteiger partial charge is 0.387 e. The van der Waals surface area contributed by atoms with Gasteiger partial charge in [0.05, 0.1) is 17.9 Å². The van der Waals surface area contributed by atoms with Gasteiger partial charge < -0.3 is 10.4 Å². The van der Waals surface area contributed by atoms with Crippen LogP contribution < -0.4 is 5.32 Å². The van der Waals surface area contributed by atoms with E-state index in [1.165, 1.54) is 122 Å². The van der Waals surface area contributed by atoms with Crippen LogP contribution in [0.5, 0.6) is 0 Å². The molecular weight excluding hydrogens is 582 g/mol. The number of aliphatic hydroxyl groups excluding tert-OH is 1. The number of unbranched alkanes of at least 4 members (excludes halogenated alkanes) is 21. The van der Waals surface area contributed by atoms with Crippen LogP contribution >= 0.6 is 0 Å². The number of rotatable bonds is 33. The van der Waals surface area contributed by atoms with E-state index in [1.54, 1.807) is 6.08 Å². The van der Waals surface area contributed by atoms with Gasteiger partial charge in [-0.1, -0.05) is 166 Å². The van der Waals surface area contributed by atoms with Gasteiger partial charge in [-0.3, -0.25) is 9.35 Å². The first kappa shape index (κ1) is 43.6. The lowest BCUT2D eigenvalue weighted by Gasteiger charge is -2.21. The minimum atomic E-state index is -4.35. The smallest absolute Gasteiger partial charge is 0.267 e. The molecule has 0 saturated heterocycles. The van der Waals surface area contributed by atoms with Crippen LogP contribution in [-0.4, -0.2) is 41.9 Å². The Kier molecular flexibility index (Phi) is 31.5. The van der Waals surface area contributed by atoms with Crippen molar-refractivity contribution in [2.24, 2.45) is 0 Å². The Hall–Kier alpha value is -1.44. The zero-order chi connectivity index (χ0) is 33.3. The number of hydrogen-bond acceptors (Lipinski definition) is 4. The average Bonchev–Trinajstić information content (AvgIpc) is 3.00. The van der Waals surface area contributed by atoms with Crippen molar-refractivity contribution in [2.45, 2.75) is 193 Å². The normalized spacial score (nSPS) is 13.8. The Bertz CT molecular complexity index is 852. The maximum atomic E-state index is 12.4. The number of hydrogen-bond donors (Lipinski definition) is 3. The average molecular weight is 654 g/mol. The quantitative estimate of drug-likeness (QED) is 0.0371. The molecule has 0 bridgehead atoms. The molecular formula is C38H71NO5S. The molecule has 45 heavy (non-hydrogen) atoms. The van der Waals surface area contributed by atoms with E-state index in [4.69, 9.17) is 0 Å². The molecule has 0 aliphatic heterocycles. The Morgan fingerprint density at radius 1 is 0.578 bits per heavy atom. The summed E-state index contributed by atoms with van der Waals surface area (Å²) in [4.78, 5) is 12.4. The number of carbonyl (C=O) groups is 1. The molecule has 1 amide bonds. The number of amides is 1. The summed E-state index contributed by atoms with van der Waals surface area (Å²) < 4.78 is 32.3. The minimum absolute atomic E-state index is 0.287. The predicted molar refractivity (Wildman–Crippen MR) is 193 cm³/mol. The van der Waals surface area contributed by atoms with Crippen LogP contribution in [0.25, 0.3) is 0 Å². The molecule has 2 atom stereocenters. The van der Waals surface area contributed by atoms with E-state index in [0.29, 0.717) is 6.42 Å². The first-order chi connectivity index (χ1) is 21.8. The molecule has 0 aromatic carbocycles.